The lowest BCUT2D eigenvalue weighted by Gasteiger charge is -2.13. The van der Waals surface area contributed by atoms with Gasteiger partial charge in [0.1, 0.15) is 5.75 Å². The molecule has 4 nitrogen and oxygen atoms in total. The number of nitrogens with two attached hydrogens (primary N) is 1. The number of aromatic amines is 1. The van der Waals surface area contributed by atoms with Gasteiger partial charge in [0.2, 0.25) is 0 Å². The highest BCUT2D eigenvalue weighted by atomic mass is 35.5. The van der Waals surface area contributed by atoms with Crippen LogP contribution in [0, 0.1) is 6.92 Å². The molecule has 2 aromatic carbocycles. The predicted octanol–water partition coefficient (Wildman–Crippen LogP) is 5.63. The number of benzene rings is 2. The molecule has 0 saturated heterocycles. The van der Waals surface area contributed by atoms with E-state index in [9.17, 15) is 0 Å². The van der Waals surface area contributed by atoms with E-state index in [0.29, 0.717) is 6.54 Å². The summed E-state index contributed by atoms with van der Waals surface area (Å²) in [7, 11) is 1.71. The van der Waals surface area contributed by atoms with Crippen LogP contribution in [0.25, 0.3) is 33.1 Å². The van der Waals surface area contributed by atoms with Crippen molar-refractivity contribution < 1.29 is 4.74 Å². The molecule has 144 valence electrons. The summed E-state index contributed by atoms with van der Waals surface area (Å²) in [6, 6.07) is 12.1. The third kappa shape index (κ3) is 3.23. The topological polar surface area (TPSA) is 63.9 Å². The molecule has 3 N–H and O–H groups in total. The number of nitrogens with one attached hydrogen (secondary N) is 1. The van der Waals surface area contributed by atoms with E-state index in [-0.39, 0.29) is 0 Å². The normalized spacial score (nSPS) is 11.4. The lowest BCUT2D eigenvalue weighted by atomic mass is 9.96. The van der Waals surface area contributed by atoms with Crippen LogP contribution < -0.4 is 10.5 Å². The molecule has 4 rings (SSSR count). The van der Waals surface area contributed by atoms with Gasteiger partial charge < -0.3 is 15.5 Å². The summed E-state index contributed by atoms with van der Waals surface area (Å²) in [5, 5.41) is 2.99. The zero-order valence-corrected chi connectivity index (χ0v) is 16.9. The third-order valence-corrected chi connectivity index (χ3v) is 5.49. The van der Waals surface area contributed by atoms with E-state index < -0.39 is 0 Å². The fourth-order valence-electron chi connectivity index (χ4n) is 3.96. The number of fused-ring (bicyclic) bond motifs is 2. The maximum Gasteiger partial charge on any atom is 0.128 e. The van der Waals surface area contributed by atoms with E-state index >= 15 is 0 Å². The summed E-state index contributed by atoms with van der Waals surface area (Å²) in [6.45, 7) is 2.78. The number of rotatable bonds is 6. The van der Waals surface area contributed by atoms with Crippen molar-refractivity contribution in [1.82, 2.24) is 9.97 Å². The summed E-state index contributed by atoms with van der Waals surface area (Å²) < 4.78 is 5.74. The second-order valence-corrected chi connectivity index (χ2v) is 7.52. The number of aromatic nitrogens is 2. The quantitative estimate of drug-likeness (QED) is 0.417. The number of methoxy groups -OCH3 is 1. The zero-order valence-electron chi connectivity index (χ0n) is 16.2. The first-order valence-corrected chi connectivity index (χ1v) is 9.94. The minimum Gasteiger partial charge on any atom is -0.496 e. The Morgan fingerprint density at radius 1 is 1.14 bits per heavy atom. The Morgan fingerprint density at radius 2 is 2.00 bits per heavy atom. The Balaban J connectivity index is 2.05. The van der Waals surface area contributed by atoms with Gasteiger partial charge in [-0.3, -0.25) is 4.98 Å². The number of nitrogens with zero attached hydrogens (tertiary/aromatic N) is 1. The molecule has 2 aromatic heterocycles. The van der Waals surface area contributed by atoms with Gasteiger partial charge in [-0.15, -0.1) is 0 Å². The summed E-state index contributed by atoms with van der Waals surface area (Å²) in [5.74, 6) is 0.830. The van der Waals surface area contributed by atoms with Gasteiger partial charge in [0, 0.05) is 33.1 Å². The Bertz CT molecular complexity index is 1150. The zero-order chi connectivity index (χ0) is 19.7. The van der Waals surface area contributed by atoms with Crippen molar-refractivity contribution in [3.8, 4) is 17.0 Å². The Hall–Kier alpha value is -2.56. The molecule has 0 bridgehead atoms. The molecule has 0 aliphatic rings. The van der Waals surface area contributed by atoms with E-state index in [1.165, 1.54) is 10.9 Å². The van der Waals surface area contributed by atoms with Crippen LogP contribution in [0.15, 0.2) is 42.6 Å². The molecule has 4 aromatic rings. The lowest BCUT2D eigenvalue weighted by molar-refractivity contribution is 0.417. The highest BCUT2D eigenvalue weighted by Crippen LogP contribution is 2.41. The molecule has 0 unspecified atom stereocenters. The largest absolute Gasteiger partial charge is 0.496 e. The van der Waals surface area contributed by atoms with Gasteiger partial charge >= 0.3 is 0 Å². The predicted molar refractivity (Wildman–Crippen MR) is 117 cm³/mol. The van der Waals surface area contributed by atoms with Crippen LogP contribution in [0.5, 0.6) is 5.75 Å². The molecule has 5 heteroatoms. The SMILES string of the molecule is COc1ccc2ncccc2c1-c1[nH]c2c(C)cc(Cl)cc2c1CCCCN. The molecule has 0 saturated carbocycles. The van der Waals surface area contributed by atoms with Crippen molar-refractivity contribution in [2.24, 2.45) is 5.73 Å². The summed E-state index contributed by atoms with van der Waals surface area (Å²) in [5.41, 5.74) is 12.3. The van der Waals surface area contributed by atoms with Crippen molar-refractivity contribution >= 4 is 33.4 Å². The Morgan fingerprint density at radius 3 is 2.79 bits per heavy atom. The van der Waals surface area contributed by atoms with Crippen LogP contribution in [0.1, 0.15) is 24.0 Å². The minimum absolute atomic E-state index is 0.693. The van der Waals surface area contributed by atoms with Crippen molar-refractivity contribution in [2.75, 3.05) is 13.7 Å². The second-order valence-electron chi connectivity index (χ2n) is 7.08. The van der Waals surface area contributed by atoms with Crippen LogP contribution in [-0.4, -0.2) is 23.6 Å². The van der Waals surface area contributed by atoms with Gasteiger partial charge in [-0.05, 0) is 74.2 Å². The lowest BCUT2D eigenvalue weighted by Crippen LogP contribution is -2.00. The fourth-order valence-corrected chi connectivity index (χ4v) is 4.23. The highest BCUT2D eigenvalue weighted by molar-refractivity contribution is 6.31. The average molecular weight is 394 g/mol. The Kier molecular flexibility index (Phi) is 5.25. The average Bonchev–Trinajstić information content (AvgIpc) is 3.05. The molecule has 0 aliphatic heterocycles. The molecular weight excluding hydrogens is 370 g/mol. The third-order valence-electron chi connectivity index (χ3n) is 5.27. The van der Waals surface area contributed by atoms with E-state index in [1.54, 1.807) is 7.11 Å². The van der Waals surface area contributed by atoms with E-state index in [4.69, 9.17) is 22.1 Å². The van der Waals surface area contributed by atoms with Crippen LogP contribution in [0.3, 0.4) is 0 Å². The van der Waals surface area contributed by atoms with Crippen molar-refractivity contribution in [3.05, 3.63) is 58.7 Å². The molecule has 0 fully saturated rings. The molecule has 0 atom stereocenters. The number of ether oxygens (including phenoxy) is 1. The first kappa shape index (κ1) is 18.8. The van der Waals surface area contributed by atoms with Crippen molar-refractivity contribution in [2.45, 2.75) is 26.2 Å². The molecule has 0 aliphatic carbocycles. The van der Waals surface area contributed by atoms with Gasteiger partial charge in [-0.1, -0.05) is 17.7 Å². The van der Waals surface area contributed by atoms with Crippen molar-refractivity contribution in [3.63, 3.8) is 0 Å². The molecule has 0 radical (unpaired) electrons. The summed E-state index contributed by atoms with van der Waals surface area (Å²) in [4.78, 5) is 8.20. The van der Waals surface area contributed by atoms with Crippen LogP contribution >= 0.6 is 11.6 Å². The van der Waals surface area contributed by atoms with Crippen LogP contribution in [0.2, 0.25) is 5.02 Å². The van der Waals surface area contributed by atoms with Crippen LogP contribution in [-0.2, 0) is 6.42 Å². The Labute approximate surface area is 169 Å². The fraction of sp³-hybridized carbons (Fsp3) is 0.261. The van der Waals surface area contributed by atoms with Gasteiger partial charge in [0.15, 0.2) is 0 Å². The number of aryl methyl sites for hydroxylation is 2. The van der Waals surface area contributed by atoms with E-state index in [0.717, 1.165) is 63.3 Å². The number of H-pyrrole nitrogens is 1. The van der Waals surface area contributed by atoms with Crippen LogP contribution in [0.4, 0.5) is 0 Å². The minimum atomic E-state index is 0.693. The number of hydrogen-bond acceptors (Lipinski definition) is 3. The van der Waals surface area contributed by atoms with E-state index in [2.05, 4.69) is 29.0 Å². The molecule has 0 spiro atoms. The summed E-state index contributed by atoms with van der Waals surface area (Å²) >= 11 is 6.40. The van der Waals surface area contributed by atoms with Gasteiger partial charge in [0.25, 0.3) is 0 Å². The van der Waals surface area contributed by atoms with Gasteiger partial charge in [0.05, 0.1) is 18.3 Å². The summed E-state index contributed by atoms with van der Waals surface area (Å²) in [6.07, 6.45) is 4.75. The highest BCUT2D eigenvalue weighted by Gasteiger charge is 2.20. The first-order valence-electron chi connectivity index (χ1n) is 9.57. The number of halogens is 1. The maximum atomic E-state index is 6.40. The van der Waals surface area contributed by atoms with Crippen molar-refractivity contribution in [1.29, 1.82) is 0 Å². The number of hydrogen-bond donors (Lipinski definition) is 2. The standard InChI is InChI=1S/C23H24ClN3O/c1-14-12-15(24)13-18-16(6-3-4-10-25)23(27-22(14)18)21-17-7-5-11-26-19(17)8-9-20(21)28-2/h5,7-9,11-13,27H,3-4,6,10,25H2,1-2H3. The monoisotopic (exact) mass is 393 g/mol. The van der Waals surface area contributed by atoms with Gasteiger partial charge in [-0.2, -0.15) is 0 Å². The second kappa shape index (κ2) is 7.82. The molecular formula is C23H24ClN3O. The molecule has 0 amide bonds. The number of unbranched alkanes of at least 4 members (excludes halogenated alkanes) is 1. The first-order chi connectivity index (χ1) is 13.6. The maximum absolute atomic E-state index is 6.40. The molecule has 2 heterocycles. The van der Waals surface area contributed by atoms with Gasteiger partial charge in [-0.25, -0.2) is 0 Å². The molecule has 28 heavy (non-hydrogen) atoms. The number of pyridine rings is 1. The smallest absolute Gasteiger partial charge is 0.128 e. The van der Waals surface area contributed by atoms with E-state index in [1.807, 2.05) is 30.5 Å².